The van der Waals surface area contributed by atoms with Gasteiger partial charge in [0, 0.05) is 20.0 Å². The minimum atomic E-state index is -0.175. The molecule has 0 aliphatic heterocycles. The fourth-order valence-electron chi connectivity index (χ4n) is 4.44. The molecule has 0 N–H and O–H groups in total. The first-order chi connectivity index (χ1) is 15.5. The van der Waals surface area contributed by atoms with E-state index in [1.54, 1.807) is 11.6 Å². The number of para-hydroxylation sites is 1. The van der Waals surface area contributed by atoms with Crippen LogP contribution in [-0.2, 0) is 11.8 Å². The Morgan fingerprint density at radius 3 is 2.25 bits per heavy atom. The molecule has 0 aliphatic rings. The Morgan fingerprint density at radius 2 is 1.56 bits per heavy atom. The van der Waals surface area contributed by atoms with Crippen LogP contribution in [0.2, 0.25) is 0 Å². The molecule has 5 heteroatoms. The minimum absolute atomic E-state index is 0.0432. The summed E-state index contributed by atoms with van der Waals surface area (Å²) in [7, 11) is 1.78. The highest BCUT2D eigenvalue weighted by Gasteiger charge is 2.27. The number of benzene rings is 1. The second kappa shape index (κ2) is 14.1. The van der Waals surface area contributed by atoms with E-state index in [0.717, 1.165) is 38.6 Å². The third-order valence-corrected chi connectivity index (χ3v) is 6.40. The molecule has 1 aromatic heterocycles. The largest absolute Gasteiger partial charge is 0.333 e. The number of amides is 1. The van der Waals surface area contributed by atoms with Gasteiger partial charge in [0.2, 0.25) is 5.91 Å². The van der Waals surface area contributed by atoms with E-state index in [9.17, 15) is 9.59 Å². The summed E-state index contributed by atoms with van der Waals surface area (Å²) in [6.07, 6.45) is 12.8. The Labute approximate surface area is 194 Å². The third kappa shape index (κ3) is 7.18. The third-order valence-electron chi connectivity index (χ3n) is 6.40. The number of nitrogens with zero attached hydrogens (tertiary/aromatic N) is 3. The summed E-state index contributed by atoms with van der Waals surface area (Å²) >= 11 is 0. The van der Waals surface area contributed by atoms with E-state index in [1.165, 1.54) is 38.5 Å². The summed E-state index contributed by atoms with van der Waals surface area (Å²) < 4.78 is 1.65. The van der Waals surface area contributed by atoms with E-state index in [1.807, 2.05) is 29.2 Å². The van der Waals surface area contributed by atoms with E-state index in [4.69, 9.17) is 4.98 Å². The fraction of sp³-hybridized carbons (Fsp3) is 0.667. The smallest absolute Gasteiger partial charge is 0.261 e. The van der Waals surface area contributed by atoms with E-state index in [-0.39, 0.29) is 17.5 Å². The fourth-order valence-corrected chi connectivity index (χ4v) is 4.44. The van der Waals surface area contributed by atoms with Crippen molar-refractivity contribution in [2.24, 2.45) is 7.05 Å². The van der Waals surface area contributed by atoms with Crippen molar-refractivity contribution in [3.63, 3.8) is 0 Å². The van der Waals surface area contributed by atoms with Crippen LogP contribution in [0.15, 0.2) is 29.1 Å². The highest BCUT2D eigenvalue weighted by molar-refractivity contribution is 5.78. The van der Waals surface area contributed by atoms with Gasteiger partial charge in [-0.3, -0.25) is 14.2 Å². The number of aromatic nitrogens is 2. The van der Waals surface area contributed by atoms with Crippen molar-refractivity contribution in [2.75, 3.05) is 6.54 Å². The predicted molar refractivity (Wildman–Crippen MR) is 134 cm³/mol. The number of rotatable bonds is 15. The molecule has 178 valence electrons. The topological polar surface area (TPSA) is 55.2 Å². The van der Waals surface area contributed by atoms with Crippen LogP contribution in [-0.4, -0.2) is 26.9 Å². The average molecular weight is 442 g/mol. The monoisotopic (exact) mass is 441 g/mol. The van der Waals surface area contributed by atoms with Crippen molar-refractivity contribution in [3.05, 3.63) is 40.4 Å². The predicted octanol–water partition coefficient (Wildman–Crippen LogP) is 6.54. The van der Waals surface area contributed by atoms with Crippen molar-refractivity contribution >= 4 is 16.8 Å². The van der Waals surface area contributed by atoms with Gasteiger partial charge in [-0.05, 0) is 31.4 Å². The summed E-state index contributed by atoms with van der Waals surface area (Å²) in [6.45, 7) is 7.24. The zero-order chi connectivity index (χ0) is 23.3. The van der Waals surface area contributed by atoms with Gasteiger partial charge in [0.05, 0.1) is 16.9 Å². The SMILES string of the molecule is CCCCCCCCC(=O)N(CCCCCC)C(CC)c1nc2ccccc2c(=O)n1C. The molecular weight excluding hydrogens is 398 g/mol. The summed E-state index contributed by atoms with van der Waals surface area (Å²) in [4.78, 5) is 33.2. The van der Waals surface area contributed by atoms with Crippen LogP contribution in [0.25, 0.3) is 10.9 Å². The molecule has 2 rings (SSSR count). The molecule has 5 nitrogen and oxygen atoms in total. The van der Waals surface area contributed by atoms with Gasteiger partial charge >= 0.3 is 0 Å². The van der Waals surface area contributed by atoms with Crippen molar-refractivity contribution in [1.82, 2.24) is 14.5 Å². The normalized spacial score (nSPS) is 12.2. The lowest BCUT2D eigenvalue weighted by atomic mass is 10.1. The lowest BCUT2D eigenvalue weighted by Crippen LogP contribution is -2.38. The first-order valence-electron chi connectivity index (χ1n) is 12.8. The first kappa shape index (κ1) is 26.1. The Morgan fingerprint density at radius 1 is 0.938 bits per heavy atom. The second-order valence-corrected chi connectivity index (χ2v) is 8.94. The molecule has 0 bridgehead atoms. The van der Waals surface area contributed by atoms with Crippen LogP contribution in [0.3, 0.4) is 0 Å². The molecule has 0 radical (unpaired) electrons. The van der Waals surface area contributed by atoms with Gasteiger partial charge in [-0.1, -0.05) is 84.3 Å². The Balaban J connectivity index is 2.23. The maximum atomic E-state index is 13.3. The molecule has 0 saturated heterocycles. The summed E-state index contributed by atoms with van der Waals surface area (Å²) in [6, 6.07) is 7.31. The minimum Gasteiger partial charge on any atom is -0.333 e. The summed E-state index contributed by atoms with van der Waals surface area (Å²) in [5, 5.41) is 0.626. The second-order valence-electron chi connectivity index (χ2n) is 8.94. The number of hydrogen-bond donors (Lipinski definition) is 0. The first-order valence-corrected chi connectivity index (χ1v) is 12.8. The molecule has 0 spiro atoms. The zero-order valence-corrected chi connectivity index (χ0v) is 20.7. The average Bonchev–Trinajstić information content (AvgIpc) is 2.81. The molecule has 0 fully saturated rings. The summed E-state index contributed by atoms with van der Waals surface area (Å²) in [5.41, 5.74) is 0.664. The summed E-state index contributed by atoms with van der Waals surface area (Å²) in [5.74, 6) is 0.897. The van der Waals surface area contributed by atoms with Crippen molar-refractivity contribution in [2.45, 2.75) is 104 Å². The Kier molecular flexibility index (Phi) is 11.5. The van der Waals surface area contributed by atoms with E-state index >= 15 is 0 Å². The highest BCUT2D eigenvalue weighted by Crippen LogP contribution is 2.25. The van der Waals surface area contributed by atoms with Gasteiger partial charge in [-0.15, -0.1) is 0 Å². The van der Waals surface area contributed by atoms with Crippen LogP contribution >= 0.6 is 0 Å². The van der Waals surface area contributed by atoms with E-state index < -0.39 is 0 Å². The van der Waals surface area contributed by atoms with E-state index in [0.29, 0.717) is 23.1 Å². The molecule has 32 heavy (non-hydrogen) atoms. The highest BCUT2D eigenvalue weighted by atomic mass is 16.2. The van der Waals surface area contributed by atoms with Gasteiger partial charge in [0.15, 0.2) is 0 Å². The molecule has 1 heterocycles. The number of fused-ring (bicyclic) bond motifs is 1. The molecule has 1 unspecified atom stereocenters. The van der Waals surface area contributed by atoms with E-state index in [2.05, 4.69) is 20.8 Å². The Bertz CT molecular complexity index is 890. The molecule has 0 saturated carbocycles. The number of carbonyl (C=O) groups is 1. The lowest BCUT2D eigenvalue weighted by Gasteiger charge is -2.32. The van der Waals surface area contributed by atoms with Gasteiger partial charge in [0.25, 0.3) is 5.56 Å². The quantitative estimate of drug-likeness (QED) is 0.295. The van der Waals surface area contributed by atoms with Crippen LogP contribution in [0, 0.1) is 0 Å². The lowest BCUT2D eigenvalue weighted by molar-refractivity contribution is -0.134. The van der Waals surface area contributed by atoms with Crippen molar-refractivity contribution in [3.8, 4) is 0 Å². The molecule has 0 aliphatic carbocycles. The van der Waals surface area contributed by atoms with Crippen LogP contribution in [0.5, 0.6) is 0 Å². The Hall–Kier alpha value is -2.17. The van der Waals surface area contributed by atoms with Gasteiger partial charge in [0.1, 0.15) is 5.82 Å². The maximum Gasteiger partial charge on any atom is 0.261 e. The van der Waals surface area contributed by atoms with Crippen molar-refractivity contribution in [1.29, 1.82) is 0 Å². The van der Waals surface area contributed by atoms with Gasteiger partial charge in [-0.25, -0.2) is 4.98 Å². The number of unbranched alkanes of at least 4 members (excludes halogenated alkanes) is 8. The van der Waals surface area contributed by atoms with Gasteiger partial charge < -0.3 is 4.90 Å². The molecule has 1 amide bonds. The van der Waals surface area contributed by atoms with Crippen LogP contribution in [0.1, 0.15) is 110 Å². The van der Waals surface area contributed by atoms with Crippen molar-refractivity contribution < 1.29 is 4.79 Å². The molecule has 1 atom stereocenters. The zero-order valence-electron chi connectivity index (χ0n) is 20.7. The number of hydrogen-bond acceptors (Lipinski definition) is 3. The molecule has 2 aromatic rings. The number of carbonyl (C=O) groups excluding carboxylic acids is 1. The van der Waals surface area contributed by atoms with Gasteiger partial charge in [-0.2, -0.15) is 0 Å². The van der Waals surface area contributed by atoms with Crippen LogP contribution < -0.4 is 5.56 Å². The molecule has 1 aromatic carbocycles. The maximum absolute atomic E-state index is 13.3. The standard InChI is InChI=1S/C27H43N3O2/c1-5-8-10-12-13-14-20-25(31)30(21-17-11-9-6-2)24(7-3)26-28-23-19-16-15-18-22(23)27(32)29(26)4/h15-16,18-19,24H,5-14,17,20-21H2,1-4H3. The van der Waals surface area contributed by atoms with Crippen LogP contribution in [0.4, 0.5) is 0 Å². The molecular formula is C27H43N3O2.